The van der Waals surface area contributed by atoms with Crippen molar-refractivity contribution in [2.24, 2.45) is 11.7 Å². The fourth-order valence-corrected chi connectivity index (χ4v) is 2.20. The van der Waals surface area contributed by atoms with Crippen LogP contribution in [0, 0.1) is 5.92 Å². The molecule has 20 heavy (non-hydrogen) atoms. The van der Waals surface area contributed by atoms with Crippen LogP contribution in [0.25, 0.3) is 5.69 Å². The molecule has 1 heterocycles. The van der Waals surface area contributed by atoms with Crippen molar-refractivity contribution in [1.82, 2.24) is 14.8 Å². The van der Waals surface area contributed by atoms with Crippen LogP contribution in [0.4, 0.5) is 5.69 Å². The maximum Gasteiger partial charge on any atom is 0.231 e. The number of carbonyl (C=O) groups excluding carboxylic acids is 1. The van der Waals surface area contributed by atoms with Crippen LogP contribution in [0.3, 0.4) is 0 Å². The third kappa shape index (κ3) is 2.60. The van der Waals surface area contributed by atoms with Crippen LogP contribution in [0.2, 0.25) is 0 Å². The minimum Gasteiger partial charge on any atom is -0.326 e. The highest BCUT2D eigenvalue weighted by Gasteiger charge is 2.22. The lowest BCUT2D eigenvalue weighted by Gasteiger charge is -2.11. The molecule has 2 unspecified atom stereocenters. The highest BCUT2D eigenvalue weighted by Crippen LogP contribution is 2.19. The number of amides is 1. The van der Waals surface area contributed by atoms with Gasteiger partial charge in [-0.05, 0) is 30.7 Å². The molecule has 0 aliphatic heterocycles. The van der Waals surface area contributed by atoms with Gasteiger partial charge in [0.2, 0.25) is 5.91 Å². The van der Waals surface area contributed by atoms with Crippen molar-refractivity contribution >= 4 is 11.6 Å². The number of rotatable bonds is 3. The van der Waals surface area contributed by atoms with E-state index < -0.39 is 0 Å². The Balaban J connectivity index is 1.66. The number of nitrogens with one attached hydrogen (secondary N) is 1. The molecule has 0 saturated heterocycles. The summed E-state index contributed by atoms with van der Waals surface area (Å²) in [7, 11) is 0. The van der Waals surface area contributed by atoms with E-state index in [-0.39, 0.29) is 17.9 Å². The molecule has 0 spiro atoms. The Morgan fingerprint density at radius 1 is 1.30 bits per heavy atom. The minimum absolute atomic E-state index is 0.0135. The predicted molar refractivity (Wildman–Crippen MR) is 75.2 cm³/mol. The standard InChI is InChI=1S/C14H15N5O/c15-11-2-1-10(7-11)14(20)18-12-3-5-13(6-4-12)19-9-16-8-17-19/h1-6,8-11H,7,15H2,(H,18,20). The lowest BCUT2D eigenvalue weighted by molar-refractivity contribution is -0.118. The van der Waals surface area contributed by atoms with Crippen LogP contribution in [-0.4, -0.2) is 26.7 Å². The second kappa shape index (κ2) is 5.26. The van der Waals surface area contributed by atoms with Crippen molar-refractivity contribution < 1.29 is 4.79 Å². The smallest absolute Gasteiger partial charge is 0.231 e. The normalized spacial score (nSPS) is 21.1. The van der Waals surface area contributed by atoms with Gasteiger partial charge >= 0.3 is 0 Å². The lowest BCUT2D eigenvalue weighted by Crippen LogP contribution is -2.23. The molecular weight excluding hydrogens is 254 g/mol. The van der Waals surface area contributed by atoms with Gasteiger partial charge in [-0.1, -0.05) is 12.2 Å². The molecule has 6 nitrogen and oxygen atoms in total. The van der Waals surface area contributed by atoms with Gasteiger partial charge in [-0.25, -0.2) is 9.67 Å². The van der Waals surface area contributed by atoms with E-state index in [1.165, 1.54) is 6.33 Å². The van der Waals surface area contributed by atoms with Gasteiger partial charge in [0.1, 0.15) is 12.7 Å². The molecule has 0 fully saturated rings. The topological polar surface area (TPSA) is 85.8 Å². The molecule has 1 aliphatic carbocycles. The van der Waals surface area contributed by atoms with Gasteiger partial charge in [0.15, 0.2) is 0 Å². The van der Waals surface area contributed by atoms with Crippen molar-refractivity contribution in [2.45, 2.75) is 12.5 Å². The van der Waals surface area contributed by atoms with Crippen LogP contribution in [-0.2, 0) is 4.79 Å². The Morgan fingerprint density at radius 2 is 2.10 bits per heavy atom. The zero-order valence-corrected chi connectivity index (χ0v) is 10.8. The van der Waals surface area contributed by atoms with Gasteiger partial charge < -0.3 is 11.1 Å². The summed E-state index contributed by atoms with van der Waals surface area (Å²) in [5, 5.41) is 6.93. The van der Waals surface area contributed by atoms with Crippen LogP contribution in [0.1, 0.15) is 6.42 Å². The van der Waals surface area contributed by atoms with Gasteiger partial charge in [0.05, 0.1) is 11.6 Å². The van der Waals surface area contributed by atoms with E-state index in [0.29, 0.717) is 6.42 Å². The number of anilines is 1. The molecular formula is C14H15N5O. The van der Waals surface area contributed by atoms with E-state index >= 15 is 0 Å². The van der Waals surface area contributed by atoms with Gasteiger partial charge in [0, 0.05) is 11.7 Å². The second-order valence-corrected chi connectivity index (χ2v) is 4.77. The summed E-state index contributed by atoms with van der Waals surface area (Å²) in [5.74, 6) is -0.164. The largest absolute Gasteiger partial charge is 0.326 e. The van der Waals surface area contributed by atoms with Crippen LogP contribution in [0.15, 0.2) is 49.1 Å². The average molecular weight is 269 g/mol. The van der Waals surface area contributed by atoms with Crippen molar-refractivity contribution in [2.75, 3.05) is 5.32 Å². The Bertz CT molecular complexity index is 618. The fourth-order valence-electron chi connectivity index (χ4n) is 2.20. The zero-order valence-electron chi connectivity index (χ0n) is 10.8. The maximum absolute atomic E-state index is 12.0. The first kappa shape index (κ1) is 12.6. The first-order valence-electron chi connectivity index (χ1n) is 6.42. The number of nitrogens with zero attached hydrogens (tertiary/aromatic N) is 3. The summed E-state index contributed by atoms with van der Waals surface area (Å²) in [6, 6.07) is 7.42. The highest BCUT2D eigenvalue weighted by atomic mass is 16.1. The number of aromatic nitrogens is 3. The number of nitrogens with two attached hydrogens (primary N) is 1. The van der Waals surface area contributed by atoms with E-state index in [1.54, 1.807) is 11.0 Å². The van der Waals surface area contributed by atoms with Crippen LogP contribution in [0.5, 0.6) is 0 Å². The summed E-state index contributed by atoms with van der Waals surface area (Å²) in [4.78, 5) is 15.9. The maximum atomic E-state index is 12.0. The first-order valence-corrected chi connectivity index (χ1v) is 6.42. The average Bonchev–Trinajstić information content (AvgIpc) is 3.10. The molecule has 1 aromatic heterocycles. The zero-order chi connectivity index (χ0) is 13.9. The van der Waals surface area contributed by atoms with Crippen molar-refractivity contribution in [1.29, 1.82) is 0 Å². The fraction of sp³-hybridized carbons (Fsp3) is 0.214. The van der Waals surface area contributed by atoms with E-state index in [4.69, 9.17) is 5.73 Å². The van der Waals surface area contributed by atoms with Gasteiger partial charge in [0.25, 0.3) is 0 Å². The molecule has 2 atom stereocenters. The van der Waals surface area contributed by atoms with Gasteiger partial charge in [-0.15, -0.1) is 0 Å². The van der Waals surface area contributed by atoms with E-state index in [0.717, 1.165) is 11.4 Å². The number of carbonyl (C=O) groups is 1. The molecule has 2 aromatic rings. The molecule has 3 N–H and O–H groups in total. The lowest BCUT2D eigenvalue weighted by atomic mass is 10.1. The van der Waals surface area contributed by atoms with Crippen LogP contribution < -0.4 is 11.1 Å². The SMILES string of the molecule is NC1C=CC(C(=O)Nc2ccc(-n3cncn3)cc2)C1. The summed E-state index contributed by atoms with van der Waals surface area (Å²) in [5.41, 5.74) is 7.40. The third-order valence-corrected chi connectivity index (χ3v) is 3.27. The van der Waals surface area contributed by atoms with Gasteiger partial charge in [-0.3, -0.25) is 4.79 Å². The van der Waals surface area contributed by atoms with Crippen molar-refractivity contribution in [3.63, 3.8) is 0 Å². The summed E-state index contributed by atoms with van der Waals surface area (Å²) < 4.78 is 1.66. The molecule has 1 aromatic carbocycles. The second-order valence-electron chi connectivity index (χ2n) is 4.77. The Labute approximate surface area is 116 Å². The molecule has 3 rings (SSSR count). The predicted octanol–water partition coefficient (Wildman–Crippen LogP) is 1.11. The Hall–Kier alpha value is -2.47. The number of benzene rings is 1. The molecule has 102 valence electrons. The number of hydrogen-bond acceptors (Lipinski definition) is 4. The summed E-state index contributed by atoms with van der Waals surface area (Å²) in [6.45, 7) is 0. The van der Waals surface area contributed by atoms with E-state index in [9.17, 15) is 4.79 Å². The Morgan fingerprint density at radius 3 is 2.70 bits per heavy atom. The highest BCUT2D eigenvalue weighted by molar-refractivity contribution is 5.94. The molecule has 6 heteroatoms. The van der Waals surface area contributed by atoms with Gasteiger partial charge in [-0.2, -0.15) is 5.10 Å². The van der Waals surface area contributed by atoms with Crippen molar-refractivity contribution in [3.05, 3.63) is 49.1 Å². The van der Waals surface area contributed by atoms with Crippen LogP contribution >= 0.6 is 0 Å². The van der Waals surface area contributed by atoms with E-state index in [2.05, 4.69) is 15.4 Å². The van der Waals surface area contributed by atoms with E-state index in [1.807, 2.05) is 36.4 Å². The first-order chi connectivity index (χ1) is 9.72. The summed E-state index contributed by atoms with van der Waals surface area (Å²) >= 11 is 0. The Kier molecular flexibility index (Phi) is 3.30. The molecule has 0 radical (unpaired) electrons. The third-order valence-electron chi connectivity index (χ3n) is 3.27. The monoisotopic (exact) mass is 269 g/mol. The summed E-state index contributed by atoms with van der Waals surface area (Å²) in [6.07, 6.45) is 7.51. The van der Waals surface area contributed by atoms with Crippen molar-refractivity contribution in [3.8, 4) is 5.69 Å². The molecule has 0 bridgehead atoms. The molecule has 0 saturated carbocycles. The number of hydrogen-bond donors (Lipinski definition) is 2. The quantitative estimate of drug-likeness (QED) is 0.817. The molecule has 1 amide bonds. The minimum atomic E-state index is -0.139. The molecule has 1 aliphatic rings.